The molecule has 34 heavy (non-hydrogen) atoms. The summed E-state index contributed by atoms with van der Waals surface area (Å²) in [7, 11) is 2.28. The first kappa shape index (κ1) is 26.1. The highest BCUT2D eigenvalue weighted by Gasteiger charge is 2.25. The van der Waals surface area contributed by atoms with Crippen LogP contribution in [0.15, 0.2) is 36.4 Å². The van der Waals surface area contributed by atoms with Gasteiger partial charge in [0.15, 0.2) is 0 Å². The summed E-state index contributed by atoms with van der Waals surface area (Å²) in [5.41, 5.74) is 2.13. The van der Waals surface area contributed by atoms with Gasteiger partial charge in [0, 0.05) is 43.4 Å². The zero-order chi connectivity index (χ0) is 24.5. The van der Waals surface area contributed by atoms with Gasteiger partial charge in [-0.2, -0.15) is 0 Å². The second-order valence-electron chi connectivity index (χ2n) is 10.3. The van der Waals surface area contributed by atoms with Gasteiger partial charge in [0.05, 0.1) is 0 Å². The SMILES string of the molecule is CC(Cc1ccc(NC(=O)CCCCCN2C(=O)C=CC2=O)cc1)CN(C)C1CCCCC1C. The fourth-order valence-electron chi connectivity index (χ4n) is 5.38. The van der Waals surface area contributed by atoms with Gasteiger partial charge in [0.1, 0.15) is 0 Å². The van der Waals surface area contributed by atoms with Gasteiger partial charge in [-0.3, -0.25) is 19.3 Å². The van der Waals surface area contributed by atoms with Crippen LogP contribution < -0.4 is 5.32 Å². The lowest BCUT2D eigenvalue weighted by Gasteiger charge is -2.37. The van der Waals surface area contributed by atoms with Gasteiger partial charge in [-0.15, -0.1) is 0 Å². The standard InChI is InChI=1S/C28H41N3O3/c1-21(20-30(3)25-10-7-6-9-22(25)2)19-23-12-14-24(15-13-23)29-26(32)11-5-4-8-18-31-27(33)16-17-28(31)34/h12-17,21-22,25H,4-11,18-20H2,1-3H3,(H,29,32). The molecule has 3 amide bonds. The van der Waals surface area contributed by atoms with Crippen LogP contribution in [0, 0.1) is 11.8 Å². The summed E-state index contributed by atoms with van der Waals surface area (Å²) < 4.78 is 0. The van der Waals surface area contributed by atoms with Crippen LogP contribution >= 0.6 is 0 Å². The lowest BCUT2D eigenvalue weighted by atomic mass is 9.84. The van der Waals surface area contributed by atoms with Crippen molar-refractivity contribution in [1.29, 1.82) is 0 Å². The number of nitrogens with zero attached hydrogens (tertiary/aromatic N) is 2. The normalized spacial score (nSPS) is 21.4. The molecule has 0 aromatic heterocycles. The molecule has 1 fully saturated rings. The Morgan fingerprint density at radius 2 is 1.74 bits per heavy atom. The molecule has 6 nitrogen and oxygen atoms in total. The number of imide groups is 1. The number of carbonyl (C=O) groups excluding carboxylic acids is 3. The third kappa shape index (κ3) is 7.79. The lowest BCUT2D eigenvalue weighted by molar-refractivity contribution is -0.136. The average Bonchev–Trinajstić information content (AvgIpc) is 3.12. The molecular weight excluding hydrogens is 426 g/mol. The van der Waals surface area contributed by atoms with E-state index in [0.717, 1.165) is 43.5 Å². The predicted molar refractivity (Wildman–Crippen MR) is 136 cm³/mol. The largest absolute Gasteiger partial charge is 0.326 e. The summed E-state index contributed by atoms with van der Waals surface area (Å²) in [6.07, 6.45) is 11.8. The van der Waals surface area contributed by atoms with Gasteiger partial charge in [-0.1, -0.05) is 45.2 Å². The first-order valence-corrected chi connectivity index (χ1v) is 13.0. The Morgan fingerprint density at radius 1 is 1.06 bits per heavy atom. The van der Waals surface area contributed by atoms with Gasteiger partial charge in [0.2, 0.25) is 5.91 Å². The van der Waals surface area contributed by atoms with E-state index in [1.807, 2.05) is 12.1 Å². The van der Waals surface area contributed by atoms with E-state index in [-0.39, 0.29) is 17.7 Å². The van der Waals surface area contributed by atoms with E-state index in [9.17, 15) is 14.4 Å². The molecule has 1 saturated carbocycles. The summed E-state index contributed by atoms with van der Waals surface area (Å²) in [6, 6.07) is 8.94. The second-order valence-corrected chi connectivity index (χ2v) is 10.3. The number of hydrogen-bond acceptors (Lipinski definition) is 4. The minimum absolute atomic E-state index is 0.000614. The Kier molecular flexibility index (Phi) is 9.87. The minimum atomic E-state index is -0.244. The van der Waals surface area contributed by atoms with E-state index in [4.69, 9.17) is 0 Å². The maximum absolute atomic E-state index is 12.3. The summed E-state index contributed by atoms with van der Waals surface area (Å²) in [4.78, 5) is 39.1. The van der Waals surface area contributed by atoms with Crippen LogP contribution in [-0.2, 0) is 20.8 Å². The molecular formula is C28H41N3O3. The van der Waals surface area contributed by atoms with E-state index in [2.05, 4.69) is 43.2 Å². The van der Waals surface area contributed by atoms with Crippen LogP contribution in [-0.4, -0.2) is 53.7 Å². The molecule has 1 aliphatic heterocycles. The summed E-state index contributed by atoms with van der Waals surface area (Å²) in [5, 5.41) is 2.97. The van der Waals surface area contributed by atoms with Crippen molar-refractivity contribution >= 4 is 23.4 Å². The van der Waals surface area contributed by atoms with Crippen molar-refractivity contribution in [3.05, 3.63) is 42.0 Å². The first-order chi connectivity index (χ1) is 16.3. The van der Waals surface area contributed by atoms with E-state index >= 15 is 0 Å². The maximum atomic E-state index is 12.3. The van der Waals surface area contributed by atoms with Crippen LogP contribution in [0.1, 0.15) is 70.8 Å². The Labute approximate surface area is 204 Å². The molecule has 1 N–H and O–H groups in total. The maximum Gasteiger partial charge on any atom is 0.253 e. The molecule has 1 heterocycles. The highest BCUT2D eigenvalue weighted by molar-refractivity contribution is 6.12. The first-order valence-electron chi connectivity index (χ1n) is 13.0. The van der Waals surface area contributed by atoms with E-state index in [1.54, 1.807) is 0 Å². The zero-order valence-electron chi connectivity index (χ0n) is 21.1. The third-order valence-electron chi connectivity index (χ3n) is 7.24. The number of rotatable bonds is 12. The molecule has 6 heteroatoms. The molecule has 0 bridgehead atoms. The van der Waals surface area contributed by atoms with Crippen LogP contribution in [0.2, 0.25) is 0 Å². The Bertz CT molecular complexity index is 846. The quantitative estimate of drug-likeness (QED) is 0.354. The van der Waals surface area contributed by atoms with E-state index in [1.165, 1.54) is 48.3 Å². The topological polar surface area (TPSA) is 69.7 Å². The van der Waals surface area contributed by atoms with Crippen molar-refractivity contribution in [2.45, 2.75) is 77.7 Å². The summed E-state index contributed by atoms with van der Waals surface area (Å²) >= 11 is 0. The van der Waals surface area contributed by atoms with E-state index < -0.39 is 0 Å². The Morgan fingerprint density at radius 3 is 2.41 bits per heavy atom. The molecule has 3 unspecified atom stereocenters. The number of unbranched alkanes of at least 4 members (excludes halogenated alkanes) is 2. The van der Waals surface area contributed by atoms with Crippen molar-refractivity contribution < 1.29 is 14.4 Å². The monoisotopic (exact) mass is 467 g/mol. The molecule has 1 aromatic carbocycles. The van der Waals surface area contributed by atoms with Crippen molar-refractivity contribution in [2.24, 2.45) is 11.8 Å². The second kappa shape index (κ2) is 12.8. The van der Waals surface area contributed by atoms with Gasteiger partial charge >= 0.3 is 0 Å². The van der Waals surface area contributed by atoms with Crippen LogP contribution in [0.5, 0.6) is 0 Å². The molecule has 0 radical (unpaired) electrons. The molecule has 0 spiro atoms. The van der Waals surface area contributed by atoms with Gasteiger partial charge in [0.25, 0.3) is 11.8 Å². The van der Waals surface area contributed by atoms with Crippen molar-refractivity contribution in [2.75, 3.05) is 25.5 Å². The molecule has 2 aliphatic rings. The molecule has 1 aliphatic carbocycles. The summed E-state index contributed by atoms with van der Waals surface area (Å²) in [6.45, 7) is 6.26. The molecule has 3 atom stereocenters. The smallest absolute Gasteiger partial charge is 0.253 e. The predicted octanol–water partition coefficient (Wildman–Crippen LogP) is 4.80. The molecule has 1 aromatic rings. The third-order valence-corrected chi connectivity index (χ3v) is 7.24. The molecule has 3 rings (SSSR count). The average molecular weight is 468 g/mol. The van der Waals surface area contributed by atoms with Crippen molar-refractivity contribution in [3.63, 3.8) is 0 Å². The highest BCUT2D eigenvalue weighted by Crippen LogP contribution is 2.28. The van der Waals surface area contributed by atoms with Crippen molar-refractivity contribution in [3.8, 4) is 0 Å². The minimum Gasteiger partial charge on any atom is -0.326 e. The Hall–Kier alpha value is -2.47. The molecule has 0 saturated heterocycles. The fourth-order valence-corrected chi connectivity index (χ4v) is 5.38. The number of nitrogens with one attached hydrogen (secondary N) is 1. The number of amides is 3. The number of carbonyl (C=O) groups is 3. The van der Waals surface area contributed by atoms with Crippen LogP contribution in [0.25, 0.3) is 0 Å². The number of hydrogen-bond donors (Lipinski definition) is 1. The van der Waals surface area contributed by atoms with Gasteiger partial charge < -0.3 is 10.2 Å². The highest BCUT2D eigenvalue weighted by atomic mass is 16.2. The van der Waals surface area contributed by atoms with E-state index in [0.29, 0.717) is 25.3 Å². The summed E-state index contributed by atoms with van der Waals surface area (Å²) in [5.74, 6) is 0.892. The number of anilines is 1. The molecule has 186 valence electrons. The van der Waals surface area contributed by atoms with Gasteiger partial charge in [-0.25, -0.2) is 0 Å². The van der Waals surface area contributed by atoms with Crippen molar-refractivity contribution in [1.82, 2.24) is 9.80 Å². The number of benzene rings is 1. The zero-order valence-corrected chi connectivity index (χ0v) is 21.1. The fraction of sp³-hybridized carbons (Fsp3) is 0.607. The van der Waals surface area contributed by atoms with Crippen LogP contribution in [0.4, 0.5) is 5.69 Å². The Balaban J connectivity index is 1.32. The van der Waals surface area contributed by atoms with Gasteiger partial charge in [-0.05, 0) is 68.7 Å². The lowest BCUT2D eigenvalue weighted by Crippen LogP contribution is -2.41. The van der Waals surface area contributed by atoms with Crippen LogP contribution in [0.3, 0.4) is 0 Å².